The molecule has 0 aliphatic carbocycles. The second-order valence-corrected chi connectivity index (χ2v) is 6.78. The Morgan fingerprint density at radius 3 is 1.85 bits per heavy atom. The summed E-state index contributed by atoms with van der Waals surface area (Å²) in [5.74, 6) is 2.74. The van der Waals surface area contributed by atoms with Crippen LogP contribution >= 0.6 is 0 Å². The number of aromatic nitrogens is 2. The fourth-order valence-electron chi connectivity index (χ4n) is 2.65. The van der Waals surface area contributed by atoms with Crippen molar-refractivity contribution in [3.63, 3.8) is 0 Å². The molecule has 0 aliphatic rings. The predicted octanol–water partition coefficient (Wildman–Crippen LogP) is 3.64. The summed E-state index contributed by atoms with van der Waals surface area (Å²) in [5, 5.41) is 3.53. The Hall–Kier alpha value is -0.960. The normalized spacial score (nSPS) is 13.2. The van der Waals surface area contributed by atoms with Crippen molar-refractivity contribution in [2.24, 2.45) is 11.8 Å². The molecule has 0 saturated carbocycles. The van der Waals surface area contributed by atoms with E-state index >= 15 is 0 Å². The lowest BCUT2D eigenvalue weighted by molar-refractivity contribution is 0.525. The molecule has 1 unspecified atom stereocenters. The van der Waals surface area contributed by atoms with E-state index in [-0.39, 0.29) is 0 Å². The van der Waals surface area contributed by atoms with Crippen molar-refractivity contribution < 1.29 is 0 Å². The van der Waals surface area contributed by atoms with Gasteiger partial charge in [-0.25, -0.2) is 9.97 Å². The minimum absolute atomic E-state index is 0.460. The fourth-order valence-corrected chi connectivity index (χ4v) is 2.65. The Balaban J connectivity index is 2.79. The molecule has 1 rings (SSSR count). The van der Waals surface area contributed by atoms with Crippen LogP contribution in [0.1, 0.15) is 63.3 Å². The van der Waals surface area contributed by atoms with Gasteiger partial charge in [-0.15, -0.1) is 0 Å². The van der Waals surface area contributed by atoms with Gasteiger partial charge in [0.1, 0.15) is 5.82 Å². The Kier molecular flexibility index (Phi) is 6.60. The monoisotopic (exact) mass is 277 g/mol. The molecule has 0 fully saturated rings. The van der Waals surface area contributed by atoms with E-state index in [2.05, 4.69) is 53.8 Å². The summed E-state index contributed by atoms with van der Waals surface area (Å²) in [7, 11) is 0. The number of hydrogen-bond donors (Lipinski definition) is 1. The van der Waals surface area contributed by atoms with Crippen LogP contribution in [0.15, 0.2) is 0 Å². The molecule has 3 nitrogen and oxygen atoms in total. The minimum Gasteiger partial charge on any atom is -0.316 e. The summed E-state index contributed by atoms with van der Waals surface area (Å²) in [6.07, 6.45) is 0.960. The summed E-state index contributed by atoms with van der Waals surface area (Å²) in [5.41, 5.74) is 3.60. The third-order valence-corrected chi connectivity index (χ3v) is 3.46. The standard InChI is InChI=1S/C17H31N3/c1-11(2)8-16-19-14(6)17(15(7)20-16)13(5)10-18-9-12(3)4/h11-13,18H,8-10H2,1-7H3. The summed E-state index contributed by atoms with van der Waals surface area (Å²) in [6.45, 7) is 17.4. The van der Waals surface area contributed by atoms with Crippen molar-refractivity contribution in [2.75, 3.05) is 13.1 Å². The predicted molar refractivity (Wildman–Crippen MR) is 86.2 cm³/mol. The highest BCUT2D eigenvalue weighted by molar-refractivity contribution is 5.28. The fraction of sp³-hybridized carbons (Fsp3) is 0.765. The van der Waals surface area contributed by atoms with Crippen LogP contribution in [0, 0.1) is 25.7 Å². The quantitative estimate of drug-likeness (QED) is 0.827. The first-order chi connectivity index (χ1) is 9.31. The molecule has 0 spiro atoms. The lowest BCUT2D eigenvalue weighted by Gasteiger charge is -2.19. The van der Waals surface area contributed by atoms with Crippen molar-refractivity contribution in [3.8, 4) is 0 Å². The zero-order valence-electron chi connectivity index (χ0n) is 14.2. The lowest BCUT2D eigenvalue weighted by atomic mass is 9.97. The van der Waals surface area contributed by atoms with E-state index in [1.54, 1.807) is 0 Å². The molecule has 114 valence electrons. The van der Waals surface area contributed by atoms with Crippen LogP contribution in [0.2, 0.25) is 0 Å². The van der Waals surface area contributed by atoms with Gasteiger partial charge >= 0.3 is 0 Å². The third-order valence-electron chi connectivity index (χ3n) is 3.46. The van der Waals surface area contributed by atoms with Crippen LogP contribution in [0.5, 0.6) is 0 Å². The average Bonchev–Trinajstić information content (AvgIpc) is 2.26. The summed E-state index contributed by atoms with van der Waals surface area (Å²) in [6, 6.07) is 0. The van der Waals surface area contributed by atoms with Gasteiger partial charge in [-0.2, -0.15) is 0 Å². The van der Waals surface area contributed by atoms with Crippen LogP contribution in [-0.2, 0) is 6.42 Å². The minimum atomic E-state index is 0.460. The summed E-state index contributed by atoms with van der Waals surface area (Å²) < 4.78 is 0. The molecule has 1 aromatic heterocycles. The highest BCUT2D eigenvalue weighted by atomic mass is 14.9. The summed E-state index contributed by atoms with van der Waals surface area (Å²) in [4.78, 5) is 9.40. The van der Waals surface area contributed by atoms with Gasteiger partial charge in [0.2, 0.25) is 0 Å². The SMILES string of the molecule is Cc1nc(CC(C)C)nc(C)c1C(C)CNCC(C)C. The zero-order chi connectivity index (χ0) is 15.3. The maximum absolute atomic E-state index is 4.70. The van der Waals surface area contributed by atoms with Crippen LogP contribution in [0.4, 0.5) is 0 Å². The molecular formula is C17H31N3. The van der Waals surface area contributed by atoms with Gasteiger partial charge in [-0.3, -0.25) is 0 Å². The van der Waals surface area contributed by atoms with Crippen molar-refractivity contribution in [3.05, 3.63) is 22.8 Å². The van der Waals surface area contributed by atoms with Crippen LogP contribution in [0.25, 0.3) is 0 Å². The molecule has 0 aliphatic heterocycles. The molecular weight excluding hydrogens is 246 g/mol. The lowest BCUT2D eigenvalue weighted by Crippen LogP contribution is -2.25. The molecule has 0 saturated heterocycles. The third kappa shape index (κ3) is 5.20. The van der Waals surface area contributed by atoms with Crippen molar-refractivity contribution >= 4 is 0 Å². The van der Waals surface area contributed by atoms with E-state index in [0.717, 1.165) is 36.7 Å². The first-order valence-corrected chi connectivity index (χ1v) is 7.86. The second-order valence-electron chi connectivity index (χ2n) is 6.78. The Morgan fingerprint density at radius 1 is 0.850 bits per heavy atom. The van der Waals surface area contributed by atoms with Crippen molar-refractivity contribution in [2.45, 2.75) is 60.8 Å². The molecule has 0 amide bonds. The van der Waals surface area contributed by atoms with Crippen LogP contribution in [-0.4, -0.2) is 23.1 Å². The maximum atomic E-state index is 4.70. The highest BCUT2D eigenvalue weighted by Gasteiger charge is 2.15. The average molecular weight is 277 g/mol. The molecule has 0 radical (unpaired) electrons. The van der Waals surface area contributed by atoms with Gasteiger partial charge in [0.25, 0.3) is 0 Å². The number of nitrogens with zero attached hydrogens (tertiary/aromatic N) is 2. The van der Waals surface area contributed by atoms with Gasteiger partial charge in [-0.05, 0) is 43.7 Å². The zero-order valence-corrected chi connectivity index (χ0v) is 14.2. The number of nitrogens with one attached hydrogen (secondary N) is 1. The van der Waals surface area contributed by atoms with Gasteiger partial charge in [-0.1, -0.05) is 34.6 Å². The van der Waals surface area contributed by atoms with E-state index in [1.165, 1.54) is 5.56 Å². The maximum Gasteiger partial charge on any atom is 0.129 e. The first-order valence-electron chi connectivity index (χ1n) is 7.86. The van der Waals surface area contributed by atoms with Crippen LogP contribution < -0.4 is 5.32 Å². The molecule has 1 N–H and O–H groups in total. The topological polar surface area (TPSA) is 37.8 Å². The molecule has 1 aromatic rings. The van der Waals surface area contributed by atoms with Crippen molar-refractivity contribution in [1.29, 1.82) is 0 Å². The highest BCUT2D eigenvalue weighted by Crippen LogP contribution is 2.21. The number of rotatable bonds is 7. The largest absolute Gasteiger partial charge is 0.316 e. The molecule has 0 aromatic carbocycles. The molecule has 0 bridgehead atoms. The van der Waals surface area contributed by atoms with E-state index in [9.17, 15) is 0 Å². The Bertz CT molecular complexity index is 401. The summed E-state index contributed by atoms with van der Waals surface area (Å²) >= 11 is 0. The second kappa shape index (κ2) is 7.72. The van der Waals surface area contributed by atoms with E-state index < -0.39 is 0 Å². The Labute approximate surface area is 124 Å². The van der Waals surface area contributed by atoms with Gasteiger partial charge in [0.05, 0.1) is 0 Å². The molecule has 20 heavy (non-hydrogen) atoms. The van der Waals surface area contributed by atoms with E-state index in [1.807, 2.05) is 0 Å². The number of aryl methyl sites for hydroxylation is 2. The van der Waals surface area contributed by atoms with Gasteiger partial charge in [0, 0.05) is 24.4 Å². The van der Waals surface area contributed by atoms with E-state index in [0.29, 0.717) is 17.8 Å². The van der Waals surface area contributed by atoms with E-state index in [4.69, 9.17) is 9.97 Å². The molecule has 1 atom stereocenters. The van der Waals surface area contributed by atoms with Crippen molar-refractivity contribution in [1.82, 2.24) is 15.3 Å². The van der Waals surface area contributed by atoms with Crippen LogP contribution in [0.3, 0.4) is 0 Å². The number of hydrogen-bond acceptors (Lipinski definition) is 3. The first kappa shape index (κ1) is 17.1. The van der Waals surface area contributed by atoms with Gasteiger partial charge < -0.3 is 5.32 Å². The Morgan fingerprint density at radius 2 is 1.40 bits per heavy atom. The molecule has 3 heteroatoms. The molecule has 1 heterocycles. The van der Waals surface area contributed by atoms with Gasteiger partial charge in [0.15, 0.2) is 0 Å². The smallest absolute Gasteiger partial charge is 0.129 e.